The second-order valence-corrected chi connectivity index (χ2v) is 3.41. The van der Waals surface area contributed by atoms with Crippen molar-refractivity contribution in [2.45, 2.75) is 0 Å². The monoisotopic (exact) mass is 233 g/mol. The number of benzene rings is 1. The SMILES string of the molecule is O=C([O-])c1cnc(-c2ccccc2)nc1Cl. The van der Waals surface area contributed by atoms with Gasteiger partial charge in [-0.05, 0) is 0 Å². The second kappa shape index (κ2) is 4.28. The molecule has 16 heavy (non-hydrogen) atoms. The number of aromatic carboxylic acids is 1. The van der Waals surface area contributed by atoms with Crippen molar-refractivity contribution >= 4 is 17.6 Å². The largest absolute Gasteiger partial charge is 0.545 e. The van der Waals surface area contributed by atoms with Gasteiger partial charge in [0.05, 0.1) is 11.5 Å². The summed E-state index contributed by atoms with van der Waals surface area (Å²) in [5.41, 5.74) is 0.565. The summed E-state index contributed by atoms with van der Waals surface area (Å²) >= 11 is 5.70. The quantitative estimate of drug-likeness (QED) is 0.730. The zero-order chi connectivity index (χ0) is 11.5. The molecule has 1 heterocycles. The van der Waals surface area contributed by atoms with Gasteiger partial charge in [-0.25, -0.2) is 9.97 Å². The van der Waals surface area contributed by atoms with Crippen LogP contribution in [0, 0.1) is 0 Å². The fraction of sp³-hybridized carbons (Fsp3) is 0. The van der Waals surface area contributed by atoms with E-state index in [2.05, 4.69) is 9.97 Å². The highest BCUT2D eigenvalue weighted by Crippen LogP contribution is 2.18. The summed E-state index contributed by atoms with van der Waals surface area (Å²) in [5, 5.41) is 10.5. The van der Waals surface area contributed by atoms with Crippen LogP contribution in [-0.4, -0.2) is 15.9 Å². The number of carboxylic acid groups (broad SMARTS) is 1. The van der Waals surface area contributed by atoms with Crippen LogP contribution in [0.3, 0.4) is 0 Å². The Morgan fingerprint density at radius 3 is 2.50 bits per heavy atom. The van der Waals surface area contributed by atoms with Gasteiger partial charge in [-0.15, -0.1) is 0 Å². The van der Waals surface area contributed by atoms with Gasteiger partial charge in [0, 0.05) is 11.8 Å². The van der Waals surface area contributed by atoms with Crippen LogP contribution in [0.4, 0.5) is 0 Å². The molecular formula is C11H6ClN2O2-. The number of nitrogens with zero attached hydrogens (tertiary/aromatic N) is 2. The van der Waals surface area contributed by atoms with Crippen molar-refractivity contribution in [1.82, 2.24) is 9.97 Å². The Bertz CT molecular complexity index is 529. The van der Waals surface area contributed by atoms with Crippen LogP contribution in [0.5, 0.6) is 0 Å². The Morgan fingerprint density at radius 1 is 1.25 bits per heavy atom. The van der Waals surface area contributed by atoms with Crippen molar-refractivity contribution in [3.05, 3.63) is 47.2 Å². The van der Waals surface area contributed by atoms with Gasteiger partial charge in [0.1, 0.15) is 5.15 Å². The Balaban J connectivity index is 2.46. The van der Waals surface area contributed by atoms with Crippen LogP contribution in [-0.2, 0) is 0 Å². The first-order chi connectivity index (χ1) is 7.68. The zero-order valence-corrected chi connectivity index (χ0v) is 8.81. The summed E-state index contributed by atoms with van der Waals surface area (Å²) in [6, 6.07) is 9.15. The van der Waals surface area contributed by atoms with Gasteiger partial charge >= 0.3 is 0 Å². The number of rotatable bonds is 2. The van der Waals surface area contributed by atoms with Gasteiger partial charge < -0.3 is 9.90 Å². The van der Waals surface area contributed by atoms with Crippen LogP contribution in [0.2, 0.25) is 5.15 Å². The molecule has 1 aromatic carbocycles. The normalized spacial score (nSPS) is 10.1. The van der Waals surface area contributed by atoms with E-state index in [0.717, 1.165) is 11.8 Å². The lowest BCUT2D eigenvalue weighted by molar-refractivity contribution is -0.255. The summed E-state index contributed by atoms with van der Waals surface area (Å²) in [4.78, 5) is 18.4. The van der Waals surface area contributed by atoms with E-state index in [9.17, 15) is 9.90 Å². The number of hydrogen-bond donors (Lipinski definition) is 0. The van der Waals surface area contributed by atoms with E-state index < -0.39 is 5.97 Å². The third kappa shape index (κ3) is 2.01. The van der Waals surface area contributed by atoms with Gasteiger partial charge in [0.15, 0.2) is 5.82 Å². The van der Waals surface area contributed by atoms with Crippen molar-refractivity contribution in [1.29, 1.82) is 0 Å². The van der Waals surface area contributed by atoms with Crippen molar-refractivity contribution in [2.24, 2.45) is 0 Å². The molecule has 4 nitrogen and oxygen atoms in total. The molecule has 0 saturated heterocycles. The summed E-state index contributed by atoms with van der Waals surface area (Å²) in [6.45, 7) is 0. The lowest BCUT2D eigenvalue weighted by Crippen LogP contribution is -2.23. The van der Waals surface area contributed by atoms with Gasteiger partial charge in [-0.2, -0.15) is 0 Å². The Kier molecular flexibility index (Phi) is 2.83. The molecule has 0 radical (unpaired) electrons. The Hall–Kier alpha value is -1.94. The maximum Gasteiger partial charge on any atom is 0.160 e. The first kappa shape index (κ1) is 10.6. The molecule has 0 aliphatic heterocycles. The molecule has 2 rings (SSSR count). The first-order valence-corrected chi connectivity index (χ1v) is 4.85. The zero-order valence-electron chi connectivity index (χ0n) is 8.05. The van der Waals surface area contributed by atoms with E-state index in [0.29, 0.717) is 5.82 Å². The number of carbonyl (C=O) groups is 1. The predicted molar refractivity (Wildman–Crippen MR) is 56.8 cm³/mol. The smallest absolute Gasteiger partial charge is 0.160 e. The minimum absolute atomic E-state index is 0.117. The van der Waals surface area contributed by atoms with Crippen LogP contribution in [0.1, 0.15) is 10.4 Å². The molecule has 0 aliphatic rings. The highest BCUT2D eigenvalue weighted by molar-refractivity contribution is 6.32. The molecule has 5 heteroatoms. The van der Waals surface area contributed by atoms with Gasteiger partial charge in [0.2, 0.25) is 0 Å². The number of halogens is 1. The van der Waals surface area contributed by atoms with Gasteiger partial charge in [0.25, 0.3) is 0 Å². The molecule has 0 amide bonds. The van der Waals surface area contributed by atoms with Crippen LogP contribution in [0.25, 0.3) is 11.4 Å². The second-order valence-electron chi connectivity index (χ2n) is 3.05. The van der Waals surface area contributed by atoms with Crippen molar-refractivity contribution in [3.8, 4) is 11.4 Å². The summed E-state index contributed by atoms with van der Waals surface area (Å²) in [5.74, 6) is -1.000. The molecular weight excluding hydrogens is 228 g/mol. The van der Waals surface area contributed by atoms with Gasteiger partial charge in [-0.1, -0.05) is 41.9 Å². The molecule has 1 aromatic heterocycles. The average Bonchev–Trinajstić information content (AvgIpc) is 2.29. The van der Waals surface area contributed by atoms with E-state index >= 15 is 0 Å². The molecule has 0 fully saturated rings. The Labute approximate surface area is 96.6 Å². The van der Waals surface area contributed by atoms with Crippen molar-refractivity contribution in [3.63, 3.8) is 0 Å². The molecule has 0 saturated carbocycles. The van der Waals surface area contributed by atoms with Crippen LogP contribution in [0.15, 0.2) is 36.5 Å². The highest BCUT2D eigenvalue weighted by atomic mass is 35.5. The maximum absolute atomic E-state index is 10.6. The third-order valence-electron chi connectivity index (χ3n) is 1.99. The van der Waals surface area contributed by atoms with Crippen molar-refractivity contribution in [2.75, 3.05) is 0 Å². The third-order valence-corrected chi connectivity index (χ3v) is 2.28. The molecule has 0 atom stereocenters. The van der Waals surface area contributed by atoms with Crippen LogP contribution >= 0.6 is 11.6 Å². The molecule has 0 aliphatic carbocycles. The highest BCUT2D eigenvalue weighted by Gasteiger charge is 2.06. The standard InChI is InChI=1S/C11H7ClN2O2/c12-9-8(11(15)16)6-13-10(14-9)7-4-2-1-3-5-7/h1-6H,(H,15,16)/p-1. The predicted octanol–water partition coefficient (Wildman–Crippen LogP) is 1.16. The minimum Gasteiger partial charge on any atom is -0.545 e. The average molecular weight is 234 g/mol. The Morgan fingerprint density at radius 2 is 1.94 bits per heavy atom. The first-order valence-electron chi connectivity index (χ1n) is 4.48. The fourth-order valence-corrected chi connectivity index (χ4v) is 1.43. The topological polar surface area (TPSA) is 65.9 Å². The number of carboxylic acids is 1. The number of hydrogen-bond acceptors (Lipinski definition) is 4. The minimum atomic E-state index is -1.38. The van der Waals surface area contributed by atoms with Crippen molar-refractivity contribution < 1.29 is 9.90 Å². The summed E-state index contributed by atoms with van der Waals surface area (Å²) in [7, 11) is 0. The maximum atomic E-state index is 10.6. The summed E-state index contributed by atoms with van der Waals surface area (Å²) in [6.07, 6.45) is 1.15. The van der Waals surface area contributed by atoms with E-state index in [4.69, 9.17) is 11.6 Å². The molecule has 0 spiro atoms. The van der Waals surface area contributed by atoms with E-state index in [1.54, 1.807) is 0 Å². The molecule has 0 N–H and O–H groups in total. The van der Waals surface area contributed by atoms with E-state index in [1.165, 1.54) is 0 Å². The number of carbonyl (C=O) groups excluding carboxylic acids is 1. The summed E-state index contributed by atoms with van der Waals surface area (Å²) < 4.78 is 0. The number of aromatic nitrogens is 2. The van der Waals surface area contributed by atoms with E-state index in [1.807, 2.05) is 30.3 Å². The van der Waals surface area contributed by atoms with Gasteiger partial charge in [-0.3, -0.25) is 0 Å². The lowest BCUT2D eigenvalue weighted by atomic mass is 10.2. The molecule has 0 bridgehead atoms. The molecule has 80 valence electrons. The van der Waals surface area contributed by atoms with E-state index in [-0.39, 0.29) is 10.7 Å². The van der Waals surface area contributed by atoms with Crippen LogP contribution < -0.4 is 5.11 Å². The molecule has 2 aromatic rings. The lowest BCUT2D eigenvalue weighted by Gasteiger charge is -2.05. The fourth-order valence-electron chi connectivity index (χ4n) is 1.22. The molecule has 0 unspecified atom stereocenters.